The van der Waals surface area contributed by atoms with Crippen LogP contribution in [0, 0.1) is 0 Å². The first-order valence-electron chi connectivity index (χ1n) is 7.20. The van der Waals surface area contributed by atoms with Crippen LogP contribution in [0.15, 0.2) is 41.6 Å². The second kappa shape index (κ2) is 6.76. The molecule has 0 spiro atoms. The second-order valence-corrected chi connectivity index (χ2v) is 6.33. The van der Waals surface area contributed by atoms with Gasteiger partial charge in [-0.05, 0) is 18.4 Å². The van der Waals surface area contributed by atoms with Crippen molar-refractivity contribution in [3.05, 3.63) is 42.1 Å². The van der Waals surface area contributed by atoms with Gasteiger partial charge in [0.2, 0.25) is 5.91 Å². The fourth-order valence-electron chi connectivity index (χ4n) is 2.62. The topological polar surface area (TPSA) is 70.7 Å². The third-order valence-electron chi connectivity index (χ3n) is 3.67. The van der Waals surface area contributed by atoms with Crippen LogP contribution < -0.4 is 5.32 Å². The molecule has 0 radical (unpaired) electrons. The SMILES string of the molecule is O=C(NC1CCCC1)[C@H](Sc1cn[nH]n1)c1ccccc1. The summed E-state index contributed by atoms with van der Waals surface area (Å²) in [6.45, 7) is 0. The van der Waals surface area contributed by atoms with E-state index in [1.807, 2.05) is 30.3 Å². The van der Waals surface area contributed by atoms with E-state index in [4.69, 9.17) is 0 Å². The van der Waals surface area contributed by atoms with Crippen LogP contribution in [-0.4, -0.2) is 27.4 Å². The number of nitrogens with zero attached hydrogens (tertiary/aromatic N) is 2. The minimum atomic E-state index is -0.295. The van der Waals surface area contributed by atoms with E-state index in [0.717, 1.165) is 23.4 Å². The van der Waals surface area contributed by atoms with Crippen molar-refractivity contribution < 1.29 is 4.79 Å². The van der Waals surface area contributed by atoms with Gasteiger partial charge in [0.05, 0.1) is 6.20 Å². The van der Waals surface area contributed by atoms with Crippen LogP contribution >= 0.6 is 11.8 Å². The molecule has 110 valence electrons. The monoisotopic (exact) mass is 302 g/mol. The summed E-state index contributed by atoms with van der Waals surface area (Å²) in [7, 11) is 0. The summed E-state index contributed by atoms with van der Waals surface area (Å²) in [5.74, 6) is 0.0566. The van der Waals surface area contributed by atoms with Crippen LogP contribution in [0.5, 0.6) is 0 Å². The molecular formula is C15H18N4OS. The predicted molar refractivity (Wildman–Crippen MR) is 81.8 cm³/mol. The number of benzene rings is 1. The van der Waals surface area contributed by atoms with E-state index < -0.39 is 0 Å². The highest BCUT2D eigenvalue weighted by molar-refractivity contribution is 8.00. The minimum Gasteiger partial charge on any atom is -0.352 e. The molecule has 1 aromatic heterocycles. The van der Waals surface area contributed by atoms with Gasteiger partial charge in [-0.15, -0.1) is 5.10 Å². The normalized spacial score (nSPS) is 16.8. The maximum atomic E-state index is 12.6. The fraction of sp³-hybridized carbons (Fsp3) is 0.400. The van der Waals surface area contributed by atoms with E-state index in [9.17, 15) is 4.79 Å². The second-order valence-electron chi connectivity index (χ2n) is 5.21. The van der Waals surface area contributed by atoms with Crippen LogP contribution in [-0.2, 0) is 4.79 Å². The first kappa shape index (κ1) is 14.1. The fourth-order valence-corrected chi connectivity index (χ4v) is 3.53. The summed E-state index contributed by atoms with van der Waals surface area (Å²) in [5, 5.41) is 14.0. The van der Waals surface area contributed by atoms with E-state index in [0.29, 0.717) is 6.04 Å². The number of H-pyrrole nitrogens is 1. The Morgan fingerprint density at radius 3 is 2.71 bits per heavy atom. The number of hydrogen-bond acceptors (Lipinski definition) is 4. The summed E-state index contributed by atoms with van der Waals surface area (Å²) in [6, 6.07) is 10.1. The maximum absolute atomic E-state index is 12.6. The molecule has 3 rings (SSSR count). The molecule has 0 bridgehead atoms. The minimum absolute atomic E-state index is 0.0566. The number of aromatic amines is 1. The van der Waals surface area contributed by atoms with Gasteiger partial charge in [0.1, 0.15) is 10.3 Å². The van der Waals surface area contributed by atoms with Gasteiger partial charge in [-0.25, -0.2) is 0 Å². The van der Waals surface area contributed by atoms with Crippen LogP contribution in [0.3, 0.4) is 0 Å². The molecule has 2 N–H and O–H groups in total. The quantitative estimate of drug-likeness (QED) is 0.833. The highest BCUT2D eigenvalue weighted by Crippen LogP contribution is 2.34. The molecule has 2 aromatic rings. The molecule has 1 saturated carbocycles. The lowest BCUT2D eigenvalue weighted by Gasteiger charge is -2.19. The first-order chi connectivity index (χ1) is 10.3. The third-order valence-corrected chi connectivity index (χ3v) is 4.83. The van der Waals surface area contributed by atoms with Gasteiger partial charge in [-0.3, -0.25) is 4.79 Å². The molecule has 5 nitrogen and oxygen atoms in total. The Kier molecular flexibility index (Phi) is 4.55. The van der Waals surface area contributed by atoms with Gasteiger partial charge in [-0.2, -0.15) is 10.3 Å². The van der Waals surface area contributed by atoms with Gasteiger partial charge in [0, 0.05) is 6.04 Å². The van der Waals surface area contributed by atoms with Crippen LogP contribution in [0.1, 0.15) is 36.5 Å². The average molecular weight is 302 g/mol. The standard InChI is InChI=1S/C15H18N4OS/c20-15(17-12-8-4-5-9-12)14(11-6-2-1-3-7-11)21-13-10-16-19-18-13/h1-3,6-7,10,12,14H,4-5,8-9H2,(H,17,20)(H,16,18,19)/t14-/m1/s1. The van der Waals surface area contributed by atoms with Gasteiger partial charge in [0.25, 0.3) is 0 Å². The van der Waals surface area contributed by atoms with Gasteiger partial charge in [-0.1, -0.05) is 54.9 Å². The molecular weight excluding hydrogens is 284 g/mol. The zero-order chi connectivity index (χ0) is 14.5. The van der Waals surface area contributed by atoms with Crippen molar-refractivity contribution in [2.24, 2.45) is 0 Å². The van der Waals surface area contributed by atoms with E-state index in [1.165, 1.54) is 24.6 Å². The molecule has 1 atom stereocenters. The van der Waals surface area contributed by atoms with Crippen molar-refractivity contribution in [2.45, 2.75) is 42.0 Å². The Morgan fingerprint density at radius 1 is 1.29 bits per heavy atom. The molecule has 1 amide bonds. The molecule has 0 aliphatic heterocycles. The van der Waals surface area contributed by atoms with Crippen LogP contribution in [0.4, 0.5) is 0 Å². The number of thioether (sulfide) groups is 1. The van der Waals surface area contributed by atoms with Crippen molar-refractivity contribution in [2.75, 3.05) is 0 Å². The van der Waals surface area contributed by atoms with Crippen molar-refractivity contribution in [3.63, 3.8) is 0 Å². The lowest BCUT2D eigenvalue weighted by atomic mass is 10.1. The molecule has 21 heavy (non-hydrogen) atoms. The Morgan fingerprint density at radius 2 is 2.05 bits per heavy atom. The third kappa shape index (κ3) is 3.64. The molecule has 1 heterocycles. The van der Waals surface area contributed by atoms with Crippen LogP contribution in [0.25, 0.3) is 0 Å². The molecule has 6 heteroatoms. The summed E-state index contributed by atoms with van der Waals surface area (Å²) in [5.41, 5.74) is 0.987. The van der Waals surface area contributed by atoms with E-state index in [1.54, 1.807) is 6.20 Å². The Balaban J connectivity index is 1.76. The summed E-state index contributed by atoms with van der Waals surface area (Å²) in [4.78, 5) is 12.6. The highest BCUT2D eigenvalue weighted by Gasteiger charge is 2.26. The first-order valence-corrected chi connectivity index (χ1v) is 8.08. The van der Waals surface area contributed by atoms with Crippen LogP contribution in [0.2, 0.25) is 0 Å². The van der Waals surface area contributed by atoms with Crippen molar-refractivity contribution in [3.8, 4) is 0 Å². The number of amides is 1. The number of carbonyl (C=O) groups excluding carboxylic acids is 1. The molecule has 0 unspecified atom stereocenters. The Hall–Kier alpha value is -1.82. The van der Waals surface area contributed by atoms with Crippen molar-refractivity contribution >= 4 is 17.7 Å². The Labute approximate surface area is 127 Å². The lowest BCUT2D eigenvalue weighted by molar-refractivity contribution is -0.121. The number of aromatic nitrogens is 3. The molecule has 1 aliphatic rings. The maximum Gasteiger partial charge on any atom is 0.238 e. The van der Waals surface area contributed by atoms with E-state index in [2.05, 4.69) is 20.7 Å². The summed E-state index contributed by atoms with van der Waals surface area (Å²) >= 11 is 1.42. The number of nitrogens with one attached hydrogen (secondary N) is 2. The average Bonchev–Trinajstić information content (AvgIpc) is 3.19. The van der Waals surface area contributed by atoms with Gasteiger partial charge >= 0.3 is 0 Å². The molecule has 1 fully saturated rings. The molecule has 1 aliphatic carbocycles. The van der Waals surface area contributed by atoms with E-state index >= 15 is 0 Å². The zero-order valence-corrected chi connectivity index (χ0v) is 12.5. The van der Waals surface area contributed by atoms with Gasteiger partial charge < -0.3 is 5.32 Å². The summed E-state index contributed by atoms with van der Waals surface area (Å²) in [6.07, 6.45) is 6.22. The van der Waals surface area contributed by atoms with Gasteiger partial charge in [0.15, 0.2) is 0 Å². The van der Waals surface area contributed by atoms with Crippen molar-refractivity contribution in [1.29, 1.82) is 0 Å². The lowest BCUT2D eigenvalue weighted by Crippen LogP contribution is -2.35. The Bertz CT molecular complexity index is 567. The highest BCUT2D eigenvalue weighted by atomic mass is 32.2. The number of hydrogen-bond donors (Lipinski definition) is 2. The van der Waals surface area contributed by atoms with Crippen molar-refractivity contribution in [1.82, 2.24) is 20.7 Å². The number of rotatable bonds is 5. The number of carbonyl (C=O) groups is 1. The largest absolute Gasteiger partial charge is 0.352 e. The van der Waals surface area contributed by atoms with E-state index in [-0.39, 0.29) is 11.2 Å². The zero-order valence-electron chi connectivity index (χ0n) is 11.7. The smallest absolute Gasteiger partial charge is 0.238 e. The molecule has 0 saturated heterocycles. The predicted octanol–water partition coefficient (Wildman–Crippen LogP) is 2.70. The summed E-state index contributed by atoms with van der Waals surface area (Å²) < 4.78 is 0. The molecule has 1 aromatic carbocycles.